The molecule has 2 saturated carbocycles. The zero-order chi connectivity index (χ0) is 50.4. The van der Waals surface area contributed by atoms with Crippen molar-refractivity contribution in [2.24, 2.45) is 11.3 Å². The molecule has 1 spiro atoms. The second kappa shape index (κ2) is 20.2. The lowest BCUT2D eigenvalue weighted by Crippen LogP contribution is -2.54. The Bertz CT molecular complexity index is 2920. The number of likely N-dealkylation sites (tertiary alicyclic amines) is 1. The second-order valence-corrected chi connectivity index (χ2v) is 23.1. The number of nitrogens with zero attached hydrogens (tertiary/aromatic N) is 4. The summed E-state index contributed by atoms with van der Waals surface area (Å²) in [6.07, 6.45) is 12.2. The lowest BCUT2D eigenvalue weighted by atomic mass is 9.59. The highest BCUT2D eigenvalue weighted by Gasteiger charge is 2.50. The maximum absolute atomic E-state index is 14.4. The number of rotatable bonds is 16. The van der Waals surface area contributed by atoms with Crippen LogP contribution in [0.5, 0.6) is 23.1 Å². The third kappa shape index (κ3) is 10.3. The van der Waals surface area contributed by atoms with Gasteiger partial charge in [0.25, 0.3) is 27.5 Å². The molecule has 18 heteroatoms. The Balaban J connectivity index is 0.880. The Labute approximate surface area is 421 Å². The van der Waals surface area contributed by atoms with E-state index >= 15 is 0 Å². The quantitative estimate of drug-likeness (QED) is 0.0412. The molecule has 4 fully saturated rings. The van der Waals surface area contributed by atoms with E-state index < -0.39 is 37.0 Å². The third-order valence-corrected chi connectivity index (χ3v) is 17.4. The number of pyridine rings is 1. The maximum Gasteiger partial charge on any atom is 0.297 e. The summed E-state index contributed by atoms with van der Waals surface area (Å²) in [5.41, 5.74) is 3.36. The van der Waals surface area contributed by atoms with Gasteiger partial charge in [-0.2, -0.15) is 4.98 Å². The Kier molecular flexibility index (Phi) is 13.9. The van der Waals surface area contributed by atoms with Crippen molar-refractivity contribution >= 4 is 44.0 Å². The largest absolute Gasteiger partial charge is 0.489 e. The molecule has 5 aliphatic rings. The first-order valence-electron chi connectivity index (χ1n) is 25.6. The Morgan fingerprint density at radius 1 is 1.00 bits per heavy atom. The summed E-state index contributed by atoms with van der Waals surface area (Å²) in [5, 5.41) is 26.9. The van der Waals surface area contributed by atoms with E-state index in [1.54, 1.807) is 37.6 Å². The first kappa shape index (κ1) is 49.6. The first-order chi connectivity index (χ1) is 34.6. The van der Waals surface area contributed by atoms with Crippen LogP contribution < -0.4 is 29.1 Å². The standard InChI is InChI=1S/C54H67N7O10S/c1-34(2)41-8-5-6-9-42(41)44-10-7-21-60(44)39-31-54(32-39)18-22-59(23-19-54)38-11-12-43(46(28-38)71-48-27-36-15-20-55-50(36)57-52(48)69-25-24-68-4)51(62)58-72(66,67)40-29-45(61(64)65)49-47(30-40)70-33-37(56-49)26-35-13-16-53(3,63)17-14-35/h5-6,8-9,11-12,15,20,27-30,34-35,37,39,44,56,63H,7,10,13-14,16-19,21-26,31-33H2,1-4H3,(H,55,57)(H,58,62)/t35?,37-,44+,53?/m0/s1. The average molecular weight is 1010 g/mol. The van der Waals surface area contributed by atoms with Gasteiger partial charge in [0.15, 0.2) is 17.2 Å². The summed E-state index contributed by atoms with van der Waals surface area (Å²) in [6.45, 7) is 9.73. The molecular weight excluding hydrogens is 939 g/mol. The minimum atomic E-state index is -4.71. The number of carbonyl (C=O) groups is 1. The number of aromatic nitrogens is 2. The molecule has 72 heavy (non-hydrogen) atoms. The Hall–Kier alpha value is -5.95. The number of methoxy groups -OCH3 is 1. The van der Waals surface area contributed by atoms with Crippen molar-refractivity contribution in [3.8, 4) is 23.1 Å². The molecule has 5 aromatic rings. The molecule has 5 heterocycles. The van der Waals surface area contributed by atoms with Crippen molar-refractivity contribution in [1.82, 2.24) is 19.6 Å². The van der Waals surface area contributed by atoms with Gasteiger partial charge in [-0.1, -0.05) is 38.1 Å². The third-order valence-electron chi connectivity index (χ3n) is 16.1. The Morgan fingerprint density at radius 3 is 2.53 bits per heavy atom. The van der Waals surface area contributed by atoms with E-state index in [4.69, 9.17) is 18.9 Å². The number of carbonyl (C=O) groups excluding carboxylic acids is 1. The topological polar surface area (TPSA) is 211 Å². The highest BCUT2D eigenvalue weighted by Crippen LogP contribution is 2.54. The van der Waals surface area contributed by atoms with Gasteiger partial charge in [0.05, 0.1) is 33.6 Å². The number of hydrogen-bond donors (Lipinski definition) is 4. The number of anilines is 2. The van der Waals surface area contributed by atoms with Crippen molar-refractivity contribution in [1.29, 1.82) is 0 Å². The molecule has 2 atom stereocenters. The number of piperidine rings is 1. The fourth-order valence-electron chi connectivity index (χ4n) is 12.0. The molecule has 17 nitrogen and oxygen atoms in total. The highest BCUT2D eigenvalue weighted by atomic mass is 32.2. The number of ether oxygens (including phenoxy) is 4. The number of aliphatic hydroxyl groups is 1. The zero-order valence-corrected chi connectivity index (χ0v) is 42.5. The molecular formula is C54H67N7O10S. The van der Waals surface area contributed by atoms with Crippen LogP contribution in [0, 0.1) is 21.4 Å². The van der Waals surface area contributed by atoms with Crippen LogP contribution in [-0.2, 0) is 14.8 Å². The number of aromatic amines is 1. The summed E-state index contributed by atoms with van der Waals surface area (Å²) in [5.74, 6) is 0.173. The van der Waals surface area contributed by atoms with Gasteiger partial charge in [0.2, 0.25) is 0 Å². The van der Waals surface area contributed by atoms with Crippen LogP contribution >= 0.6 is 0 Å². The highest BCUT2D eigenvalue weighted by molar-refractivity contribution is 7.90. The molecule has 2 aromatic heterocycles. The number of nitrogens with one attached hydrogen (secondary N) is 3. The SMILES string of the molecule is COCCOc1nc2[nH]ccc2cc1Oc1cc(N2CCC3(CC2)CC(N2CCC[C@@H]2c2ccccc2C(C)C)C3)ccc1C(=O)NS(=O)(=O)c1cc2c(c([N+](=O)[O-])c1)N[C@@H](CC1CCC(C)(O)CC1)CO2. The minimum absolute atomic E-state index is 0.00439. The number of amides is 1. The van der Waals surface area contributed by atoms with Crippen LogP contribution in [0.2, 0.25) is 0 Å². The van der Waals surface area contributed by atoms with E-state index in [1.165, 1.54) is 42.9 Å². The Morgan fingerprint density at radius 2 is 1.78 bits per heavy atom. The molecule has 384 valence electrons. The van der Waals surface area contributed by atoms with Gasteiger partial charge >= 0.3 is 0 Å². The van der Waals surface area contributed by atoms with Crippen LogP contribution in [0.25, 0.3) is 11.0 Å². The van der Waals surface area contributed by atoms with Gasteiger partial charge in [0, 0.05) is 67.8 Å². The van der Waals surface area contributed by atoms with E-state index in [0.29, 0.717) is 48.8 Å². The van der Waals surface area contributed by atoms with E-state index in [2.05, 4.69) is 67.9 Å². The van der Waals surface area contributed by atoms with Gasteiger partial charge in [-0.25, -0.2) is 13.1 Å². The van der Waals surface area contributed by atoms with Crippen LogP contribution in [0.1, 0.15) is 125 Å². The van der Waals surface area contributed by atoms with Crippen LogP contribution in [0.4, 0.5) is 17.1 Å². The van der Waals surface area contributed by atoms with Crippen LogP contribution in [-0.4, -0.2) is 103 Å². The number of sulfonamides is 1. The number of fused-ring (bicyclic) bond motifs is 2. The van der Waals surface area contributed by atoms with Crippen LogP contribution in [0.3, 0.4) is 0 Å². The molecule has 10 rings (SSSR count). The molecule has 0 radical (unpaired) electrons. The van der Waals surface area contributed by atoms with Crippen molar-refractivity contribution in [2.75, 3.05) is 56.8 Å². The number of H-pyrrole nitrogens is 1. The van der Waals surface area contributed by atoms with Gasteiger partial charge in [-0.05, 0) is 137 Å². The average Bonchev–Trinajstić information content (AvgIpc) is 4.03. The molecule has 4 N–H and O–H groups in total. The summed E-state index contributed by atoms with van der Waals surface area (Å²) in [6, 6.07) is 20.5. The van der Waals surface area contributed by atoms with Gasteiger partial charge in [-0.15, -0.1) is 0 Å². The van der Waals surface area contributed by atoms with Crippen molar-refractivity contribution < 1.29 is 42.2 Å². The number of nitro benzene ring substituents is 1. The minimum Gasteiger partial charge on any atom is -0.489 e. The smallest absolute Gasteiger partial charge is 0.297 e. The number of hydrogen-bond acceptors (Lipinski definition) is 14. The molecule has 0 bridgehead atoms. The summed E-state index contributed by atoms with van der Waals surface area (Å²) >= 11 is 0. The molecule has 3 aromatic carbocycles. The first-order valence-corrected chi connectivity index (χ1v) is 27.1. The predicted octanol–water partition coefficient (Wildman–Crippen LogP) is 9.62. The molecule has 1 amide bonds. The molecule has 3 aliphatic heterocycles. The zero-order valence-electron chi connectivity index (χ0n) is 41.7. The van der Waals surface area contributed by atoms with Crippen molar-refractivity contribution in [3.63, 3.8) is 0 Å². The lowest BCUT2D eigenvalue weighted by molar-refractivity contribution is -0.384. The predicted molar refractivity (Wildman–Crippen MR) is 274 cm³/mol. The van der Waals surface area contributed by atoms with Gasteiger partial charge < -0.3 is 39.3 Å². The van der Waals surface area contributed by atoms with E-state index in [-0.39, 0.29) is 65.7 Å². The summed E-state index contributed by atoms with van der Waals surface area (Å²) < 4.78 is 54.2. The monoisotopic (exact) mass is 1010 g/mol. The number of nitro groups is 1. The maximum atomic E-state index is 14.4. The van der Waals surface area contributed by atoms with Crippen molar-refractivity contribution in [3.05, 3.63) is 99.7 Å². The fourth-order valence-corrected chi connectivity index (χ4v) is 13.0. The second-order valence-electron chi connectivity index (χ2n) is 21.4. The van der Waals surface area contributed by atoms with E-state index in [1.807, 2.05) is 13.0 Å². The van der Waals surface area contributed by atoms with Crippen molar-refractivity contribution in [2.45, 2.75) is 126 Å². The summed E-state index contributed by atoms with van der Waals surface area (Å²) in [4.78, 5) is 38.5. The van der Waals surface area contributed by atoms with Gasteiger partial charge in [-0.3, -0.25) is 19.8 Å². The fraction of sp³-hybridized carbons (Fsp3) is 0.519. The normalized spacial score (nSPS) is 23.3. The van der Waals surface area contributed by atoms with Crippen LogP contribution in [0.15, 0.2) is 77.8 Å². The summed E-state index contributed by atoms with van der Waals surface area (Å²) in [7, 11) is -3.16. The van der Waals surface area contributed by atoms with E-state index in [0.717, 1.165) is 62.5 Å². The number of benzene rings is 3. The van der Waals surface area contributed by atoms with E-state index in [9.17, 15) is 28.4 Å². The molecule has 2 aliphatic carbocycles. The van der Waals surface area contributed by atoms with Gasteiger partial charge in [0.1, 0.15) is 24.6 Å². The molecule has 0 unspecified atom stereocenters. The lowest BCUT2D eigenvalue weighted by Gasteiger charge is -2.56. The molecule has 2 saturated heterocycles.